The van der Waals surface area contributed by atoms with Gasteiger partial charge in [-0.2, -0.15) is 0 Å². The molecule has 2 N–H and O–H groups in total. The minimum atomic E-state index is -0.876. The van der Waals surface area contributed by atoms with E-state index in [1.165, 1.54) is 0 Å². The lowest BCUT2D eigenvalue weighted by atomic mass is 9.99. The number of nitrogens with one attached hydrogen (secondary N) is 2. The summed E-state index contributed by atoms with van der Waals surface area (Å²) in [4.78, 5) is 49.3. The zero-order chi connectivity index (χ0) is 31.5. The van der Waals surface area contributed by atoms with Crippen LogP contribution in [0.15, 0.2) is 95.5 Å². The van der Waals surface area contributed by atoms with Crippen LogP contribution in [0, 0.1) is 6.92 Å². The molecule has 0 aromatic heterocycles. The average Bonchev–Trinajstić information content (AvgIpc) is 3.01. The van der Waals surface area contributed by atoms with Crippen LogP contribution in [-0.2, 0) is 30.4 Å². The number of hydrogen-bond donors (Lipinski definition) is 2. The molecule has 4 aromatic rings. The molecule has 0 aliphatic heterocycles. The van der Waals surface area contributed by atoms with Crippen LogP contribution in [0.4, 0.5) is 21.9 Å². The van der Waals surface area contributed by atoms with Crippen molar-refractivity contribution >= 4 is 68.4 Å². The lowest BCUT2D eigenvalue weighted by Gasteiger charge is -2.15. The Bertz CT molecular complexity index is 1660. The Morgan fingerprint density at radius 3 is 2.18 bits per heavy atom. The van der Waals surface area contributed by atoms with Gasteiger partial charge in [-0.1, -0.05) is 82.1 Å². The van der Waals surface area contributed by atoms with E-state index in [1.54, 1.807) is 48.5 Å². The van der Waals surface area contributed by atoms with Gasteiger partial charge in [0.15, 0.2) is 5.78 Å². The van der Waals surface area contributed by atoms with Gasteiger partial charge in [-0.15, -0.1) is 0 Å². The van der Waals surface area contributed by atoms with E-state index in [0.717, 1.165) is 11.1 Å². The molecule has 0 saturated heterocycles. The van der Waals surface area contributed by atoms with Gasteiger partial charge in [-0.3, -0.25) is 19.7 Å². The number of halogens is 2. The lowest BCUT2D eigenvalue weighted by Crippen LogP contribution is -2.18. The van der Waals surface area contributed by atoms with Gasteiger partial charge >= 0.3 is 18.0 Å². The lowest BCUT2D eigenvalue weighted by molar-refractivity contribution is -0.155. The summed E-state index contributed by atoms with van der Waals surface area (Å²) in [5.41, 5.74) is 4.05. The second-order valence-electron chi connectivity index (χ2n) is 9.49. The molecule has 0 radical (unpaired) electrons. The molecule has 0 saturated carbocycles. The number of amides is 1. The number of benzene rings is 4. The van der Waals surface area contributed by atoms with Gasteiger partial charge in [0.05, 0.1) is 29.2 Å². The van der Waals surface area contributed by atoms with E-state index in [-0.39, 0.29) is 30.3 Å². The predicted molar refractivity (Wildman–Crippen MR) is 170 cm³/mol. The van der Waals surface area contributed by atoms with Crippen molar-refractivity contribution in [2.45, 2.75) is 26.4 Å². The highest BCUT2D eigenvalue weighted by Gasteiger charge is 2.16. The third-order valence-corrected chi connectivity index (χ3v) is 7.09. The highest BCUT2D eigenvalue weighted by molar-refractivity contribution is 9.10. The van der Waals surface area contributed by atoms with Crippen LogP contribution < -0.4 is 10.6 Å². The third-order valence-electron chi connectivity index (χ3n) is 6.29. The van der Waals surface area contributed by atoms with E-state index >= 15 is 0 Å². The number of carbonyl (C=O) groups is 4. The fourth-order valence-electron chi connectivity index (χ4n) is 4.02. The first-order chi connectivity index (χ1) is 21.2. The van der Waals surface area contributed by atoms with Gasteiger partial charge in [0.2, 0.25) is 6.79 Å². The van der Waals surface area contributed by atoms with Crippen molar-refractivity contribution in [3.63, 3.8) is 0 Å². The molecule has 0 bridgehead atoms. The molecule has 1 amide bonds. The molecule has 0 heterocycles. The molecule has 0 atom stereocenters. The number of aryl methyl sites for hydroxylation is 1. The number of carbonyl (C=O) groups excluding carboxylic acids is 4. The molecule has 11 heteroatoms. The Balaban J connectivity index is 1.27. The molecular formula is C33H28BrClN2O7. The minimum absolute atomic E-state index is 0.108. The van der Waals surface area contributed by atoms with Crippen molar-refractivity contribution in [1.29, 1.82) is 0 Å². The summed E-state index contributed by atoms with van der Waals surface area (Å²) < 4.78 is 15.7. The first kappa shape index (κ1) is 32.2. The van der Waals surface area contributed by atoms with Gasteiger partial charge < -0.3 is 19.5 Å². The second-order valence-corrected chi connectivity index (χ2v) is 10.8. The number of anilines is 3. The minimum Gasteiger partial charge on any atom is -0.461 e. The van der Waals surface area contributed by atoms with Gasteiger partial charge in [0, 0.05) is 21.3 Å². The molecule has 4 rings (SSSR count). The topological polar surface area (TPSA) is 120 Å². The molecule has 9 nitrogen and oxygen atoms in total. The van der Waals surface area contributed by atoms with Crippen LogP contribution in [-0.4, -0.2) is 30.6 Å². The number of esters is 2. The predicted octanol–water partition coefficient (Wildman–Crippen LogP) is 7.96. The van der Waals surface area contributed by atoms with Gasteiger partial charge in [-0.05, 0) is 54.4 Å². The van der Waals surface area contributed by atoms with Gasteiger partial charge in [-0.25, -0.2) is 4.79 Å². The van der Waals surface area contributed by atoms with Crippen molar-refractivity contribution in [3.8, 4) is 0 Å². The highest BCUT2D eigenvalue weighted by Crippen LogP contribution is 2.31. The Morgan fingerprint density at radius 2 is 1.45 bits per heavy atom. The maximum Gasteiger partial charge on any atom is 0.414 e. The zero-order valence-electron chi connectivity index (χ0n) is 23.6. The quantitative estimate of drug-likeness (QED) is 0.0880. The monoisotopic (exact) mass is 678 g/mol. The van der Waals surface area contributed by atoms with E-state index in [2.05, 4.69) is 26.6 Å². The zero-order valence-corrected chi connectivity index (χ0v) is 25.9. The standard InChI is InChI=1S/C33H28BrClN2O7/c1-21-7-5-6-10-25(21)32(40)26-13-12-24(18-27(26)35)36-28-14-11-23(34)17-29(28)37-33(41)44-20-43-31(39)16-15-30(38)42-19-22-8-3-2-4-9-22/h2-14,17-18,36H,15-16,19-20H2,1H3,(H,37,41). The van der Waals surface area contributed by atoms with Crippen molar-refractivity contribution in [1.82, 2.24) is 0 Å². The number of ether oxygens (including phenoxy) is 3. The molecule has 0 aliphatic rings. The highest BCUT2D eigenvalue weighted by atomic mass is 79.9. The van der Waals surface area contributed by atoms with Gasteiger partial charge in [0.1, 0.15) is 6.61 Å². The van der Waals surface area contributed by atoms with Crippen molar-refractivity contribution in [2.75, 3.05) is 17.4 Å². The summed E-state index contributed by atoms with van der Waals surface area (Å²) in [6.45, 7) is 1.32. The Hall–Kier alpha value is -4.67. The van der Waals surface area contributed by atoms with Crippen LogP contribution in [0.2, 0.25) is 5.02 Å². The van der Waals surface area contributed by atoms with E-state index in [1.807, 2.05) is 49.4 Å². The maximum atomic E-state index is 13.0. The summed E-state index contributed by atoms with van der Waals surface area (Å²) in [5, 5.41) is 6.03. The van der Waals surface area contributed by atoms with Crippen LogP contribution >= 0.6 is 27.5 Å². The first-order valence-corrected chi connectivity index (χ1v) is 14.6. The fraction of sp³-hybridized carbons (Fsp3) is 0.152. The van der Waals surface area contributed by atoms with Crippen molar-refractivity contribution in [2.24, 2.45) is 0 Å². The fourth-order valence-corrected chi connectivity index (χ4v) is 4.64. The average molecular weight is 680 g/mol. The van der Waals surface area contributed by atoms with E-state index in [9.17, 15) is 19.2 Å². The first-order valence-electron chi connectivity index (χ1n) is 13.4. The molecule has 4 aromatic carbocycles. The third kappa shape index (κ3) is 9.42. The largest absolute Gasteiger partial charge is 0.461 e. The Morgan fingerprint density at radius 1 is 0.750 bits per heavy atom. The van der Waals surface area contributed by atoms with Crippen LogP contribution in [0.1, 0.15) is 39.9 Å². The summed E-state index contributed by atoms with van der Waals surface area (Å²) in [6.07, 6.45) is -1.27. The molecule has 0 unspecified atom stereocenters. The van der Waals surface area contributed by atoms with Crippen molar-refractivity contribution < 1.29 is 33.4 Å². The molecule has 0 aliphatic carbocycles. The second kappa shape index (κ2) is 15.7. The van der Waals surface area contributed by atoms with E-state index in [4.69, 9.17) is 25.8 Å². The number of ketones is 1. The summed E-state index contributed by atoms with van der Waals surface area (Å²) in [6, 6.07) is 26.5. The van der Waals surface area contributed by atoms with Gasteiger partial charge in [0.25, 0.3) is 0 Å². The molecule has 44 heavy (non-hydrogen) atoms. The SMILES string of the molecule is Cc1ccccc1C(=O)c1ccc(Nc2ccc(Br)cc2NC(=O)OCOC(=O)CCC(=O)OCc2ccccc2)cc1Cl. The normalized spacial score (nSPS) is 10.4. The Kier molecular flexibility index (Phi) is 11.5. The number of hydrogen-bond acceptors (Lipinski definition) is 8. The molecule has 0 spiro atoms. The summed E-state index contributed by atoms with van der Waals surface area (Å²) >= 11 is 9.86. The van der Waals surface area contributed by atoms with E-state index in [0.29, 0.717) is 32.7 Å². The van der Waals surface area contributed by atoms with Crippen LogP contribution in [0.25, 0.3) is 0 Å². The smallest absolute Gasteiger partial charge is 0.414 e. The summed E-state index contributed by atoms with van der Waals surface area (Å²) in [5.74, 6) is -1.45. The summed E-state index contributed by atoms with van der Waals surface area (Å²) in [7, 11) is 0. The van der Waals surface area contributed by atoms with Crippen LogP contribution in [0.5, 0.6) is 0 Å². The molecule has 0 fully saturated rings. The maximum absolute atomic E-state index is 13.0. The molecular weight excluding hydrogens is 652 g/mol. The Labute approximate surface area is 267 Å². The van der Waals surface area contributed by atoms with E-state index < -0.39 is 24.8 Å². The van der Waals surface area contributed by atoms with Crippen molar-refractivity contribution in [3.05, 3.63) is 123 Å². The van der Waals surface area contributed by atoms with Crippen LogP contribution in [0.3, 0.4) is 0 Å². The number of rotatable bonds is 12. The molecule has 226 valence electrons.